The second kappa shape index (κ2) is 5.92. The van der Waals surface area contributed by atoms with Gasteiger partial charge in [-0.25, -0.2) is 4.98 Å². The minimum absolute atomic E-state index is 0.551. The lowest BCUT2D eigenvalue weighted by Crippen LogP contribution is -2.13. The van der Waals surface area contributed by atoms with Crippen LogP contribution < -0.4 is 0 Å². The molecule has 1 N–H and O–H groups in total. The van der Waals surface area contributed by atoms with Crippen molar-refractivity contribution in [3.8, 4) is 0 Å². The molecular formula is C11H14BrN3O2S. The summed E-state index contributed by atoms with van der Waals surface area (Å²) >= 11 is 4.86. The van der Waals surface area contributed by atoms with Crippen LogP contribution in [-0.4, -0.2) is 33.6 Å². The smallest absolute Gasteiger partial charge is 0.133 e. The number of hydrogen-bond acceptors (Lipinski definition) is 5. The van der Waals surface area contributed by atoms with Gasteiger partial charge >= 0.3 is 0 Å². The second-order valence-electron chi connectivity index (χ2n) is 3.80. The Labute approximate surface area is 118 Å². The SMILES string of the molecule is COCCn1ncc(Br)c1C(O)c1scnc1C. The van der Waals surface area contributed by atoms with Gasteiger partial charge in [0.15, 0.2) is 0 Å². The molecule has 0 fully saturated rings. The fourth-order valence-electron chi connectivity index (χ4n) is 1.70. The van der Waals surface area contributed by atoms with Crippen LogP contribution in [0, 0.1) is 6.92 Å². The molecule has 0 aromatic carbocycles. The highest BCUT2D eigenvalue weighted by molar-refractivity contribution is 9.10. The summed E-state index contributed by atoms with van der Waals surface area (Å²) in [4.78, 5) is 5.00. The Morgan fingerprint density at radius 1 is 1.61 bits per heavy atom. The van der Waals surface area contributed by atoms with Crippen LogP contribution >= 0.6 is 27.3 Å². The van der Waals surface area contributed by atoms with Crippen molar-refractivity contribution in [2.75, 3.05) is 13.7 Å². The second-order valence-corrected chi connectivity index (χ2v) is 5.54. The van der Waals surface area contributed by atoms with E-state index < -0.39 is 6.10 Å². The molecule has 2 aromatic heterocycles. The van der Waals surface area contributed by atoms with Gasteiger partial charge in [-0.15, -0.1) is 11.3 Å². The third-order valence-electron chi connectivity index (χ3n) is 2.63. The van der Waals surface area contributed by atoms with Crippen molar-refractivity contribution < 1.29 is 9.84 Å². The summed E-state index contributed by atoms with van der Waals surface area (Å²) in [5.41, 5.74) is 3.32. The summed E-state index contributed by atoms with van der Waals surface area (Å²) in [6.07, 6.45) is 0.969. The van der Waals surface area contributed by atoms with Gasteiger partial charge in [0.2, 0.25) is 0 Å². The number of rotatable bonds is 5. The minimum atomic E-state index is -0.716. The molecule has 2 aromatic rings. The molecule has 2 rings (SSSR count). The Morgan fingerprint density at radius 3 is 3.00 bits per heavy atom. The van der Waals surface area contributed by atoms with Gasteiger partial charge in [-0.05, 0) is 22.9 Å². The van der Waals surface area contributed by atoms with E-state index in [2.05, 4.69) is 26.0 Å². The highest BCUT2D eigenvalue weighted by atomic mass is 79.9. The number of ether oxygens (including phenoxy) is 1. The molecule has 0 amide bonds. The molecule has 1 unspecified atom stereocenters. The van der Waals surface area contributed by atoms with Crippen molar-refractivity contribution >= 4 is 27.3 Å². The number of methoxy groups -OCH3 is 1. The zero-order valence-electron chi connectivity index (χ0n) is 10.1. The maximum Gasteiger partial charge on any atom is 0.133 e. The van der Waals surface area contributed by atoms with Crippen LogP contribution in [0.15, 0.2) is 16.2 Å². The van der Waals surface area contributed by atoms with Gasteiger partial charge in [0, 0.05) is 7.11 Å². The van der Waals surface area contributed by atoms with Gasteiger partial charge < -0.3 is 9.84 Å². The molecule has 0 bridgehead atoms. The third-order valence-corrected chi connectivity index (χ3v) is 4.22. The first-order valence-electron chi connectivity index (χ1n) is 5.43. The lowest BCUT2D eigenvalue weighted by atomic mass is 10.2. The number of nitrogens with zero attached hydrogens (tertiary/aromatic N) is 3. The molecule has 1 atom stereocenters. The number of aryl methyl sites for hydroxylation is 1. The van der Waals surface area contributed by atoms with Gasteiger partial charge in [0.25, 0.3) is 0 Å². The normalized spacial score (nSPS) is 12.9. The first kappa shape index (κ1) is 13.7. The Morgan fingerprint density at radius 2 is 2.39 bits per heavy atom. The summed E-state index contributed by atoms with van der Waals surface area (Å²) in [6.45, 7) is 3.04. The zero-order chi connectivity index (χ0) is 13.1. The summed E-state index contributed by atoms with van der Waals surface area (Å²) in [5, 5.41) is 14.7. The highest BCUT2D eigenvalue weighted by Crippen LogP contribution is 2.32. The van der Waals surface area contributed by atoms with Crippen molar-refractivity contribution in [2.45, 2.75) is 19.6 Å². The predicted molar refractivity (Wildman–Crippen MR) is 72.7 cm³/mol. The van der Waals surface area contributed by atoms with Gasteiger partial charge in [0.05, 0.1) is 45.6 Å². The summed E-state index contributed by atoms with van der Waals surface area (Å²) in [6, 6.07) is 0. The summed E-state index contributed by atoms with van der Waals surface area (Å²) in [5.74, 6) is 0. The molecule has 2 heterocycles. The lowest BCUT2D eigenvalue weighted by Gasteiger charge is -2.13. The van der Waals surface area contributed by atoms with E-state index in [0.717, 1.165) is 20.7 Å². The van der Waals surface area contributed by atoms with Crippen molar-refractivity contribution in [2.24, 2.45) is 0 Å². The topological polar surface area (TPSA) is 60.2 Å². The molecule has 0 aliphatic rings. The van der Waals surface area contributed by atoms with E-state index in [1.165, 1.54) is 11.3 Å². The van der Waals surface area contributed by atoms with E-state index in [1.807, 2.05) is 6.92 Å². The van der Waals surface area contributed by atoms with Crippen molar-refractivity contribution in [1.82, 2.24) is 14.8 Å². The maximum atomic E-state index is 10.5. The van der Waals surface area contributed by atoms with Crippen molar-refractivity contribution in [3.05, 3.63) is 32.4 Å². The number of aliphatic hydroxyl groups excluding tert-OH is 1. The van der Waals surface area contributed by atoms with Crippen LogP contribution in [0.25, 0.3) is 0 Å². The molecule has 18 heavy (non-hydrogen) atoms. The van der Waals surface area contributed by atoms with E-state index in [0.29, 0.717) is 13.2 Å². The van der Waals surface area contributed by atoms with Crippen LogP contribution in [0.3, 0.4) is 0 Å². The molecule has 0 aliphatic carbocycles. The molecule has 0 saturated carbocycles. The Kier molecular flexibility index (Phi) is 4.50. The molecule has 5 nitrogen and oxygen atoms in total. The Hall–Kier alpha value is -0.760. The van der Waals surface area contributed by atoms with Gasteiger partial charge in [0.1, 0.15) is 6.10 Å². The molecule has 7 heteroatoms. The zero-order valence-corrected chi connectivity index (χ0v) is 12.5. The minimum Gasteiger partial charge on any atom is -0.383 e. The fourth-order valence-corrected chi connectivity index (χ4v) is 3.00. The Balaban J connectivity index is 2.32. The van der Waals surface area contributed by atoms with Crippen molar-refractivity contribution in [1.29, 1.82) is 0 Å². The van der Waals surface area contributed by atoms with Gasteiger partial charge in [-0.1, -0.05) is 0 Å². The highest BCUT2D eigenvalue weighted by Gasteiger charge is 2.22. The van der Waals surface area contributed by atoms with Crippen LogP contribution in [0.4, 0.5) is 0 Å². The summed E-state index contributed by atoms with van der Waals surface area (Å²) in [7, 11) is 1.64. The monoisotopic (exact) mass is 331 g/mol. The van der Waals surface area contributed by atoms with Gasteiger partial charge in [-0.3, -0.25) is 4.68 Å². The van der Waals surface area contributed by atoms with Crippen LogP contribution in [0.2, 0.25) is 0 Å². The number of hydrogen-bond donors (Lipinski definition) is 1. The summed E-state index contributed by atoms with van der Waals surface area (Å²) < 4.78 is 7.57. The first-order chi connectivity index (χ1) is 8.65. The van der Waals surface area contributed by atoms with E-state index in [-0.39, 0.29) is 0 Å². The van der Waals surface area contributed by atoms with E-state index in [9.17, 15) is 5.11 Å². The van der Waals surface area contributed by atoms with Crippen LogP contribution in [0.5, 0.6) is 0 Å². The van der Waals surface area contributed by atoms with E-state index >= 15 is 0 Å². The average Bonchev–Trinajstić information content (AvgIpc) is 2.92. The largest absolute Gasteiger partial charge is 0.383 e. The molecular weight excluding hydrogens is 318 g/mol. The predicted octanol–water partition coefficient (Wildman–Crippen LogP) is 2.14. The van der Waals surface area contributed by atoms with Crippen molar-refractivity contribution in [3.63, 3.8) is 0 Å². The molecule has 0 saturated heterocycles. The number of aromatic nitrogens is 3. The molecule has 98 valence electrons. The van der Waals surface area contributed by atoms with Crippen LogP contribution in [0.1, 0.15) is 22.4 Å². The quantitative estimate of drug-likeness (QED) is 0.911. The van der Waals surface area contributed by atoms with Gasteiger partial charge in [-0.2, -0.15) is 5.10 Å². The standard InChI is InChI=1S/C11H14BrN3O2S/c1-7-11(18-6-13-7)10(16)9-8(12)5-14-15(9)3-4-17-2/h5-6,10,16H,3-4H2,1-2H3. The molecule has 0 aliphatic heterocycles. The molecule has 0 radical (unpaired) electrons. The number of thiazole rings is 1. The molecule has 0 spiro atoms. The Bertz CT molecular complexity index is 526. The average molecular weight is 332 g/mol. The fraction of sp³-hybridized carbons (Fsp3) is 0.455. The third kappa shape index (κ3) is 2.64. The number of aliphatic hydroxyl groups is 1. The number of halogens is 1. The lowest BCUT2D eigenvalue weighted by molar-refractivity contribution is 0.171. The van der Waals surface area contributed by atoms with Crippen LogP contribution in [-0.2, 0) is 11.3 Å². The first-order valence-corrected chi connectivity index (χ1v) is 7.10. The van der Waals surface area contributed by atoms with E-state index in [4.69, 9.17) is 4.74 Å². The van der Waals surface area contributed by atoms with E-state index in [1.54, 1.807) is 23.5 Å². The maximum absolute atomic E-state index is 10.5.